The summed E-state index contributed by atoms with van der Waals surface area (Å²) in [6, 6.07) is 20.0. The Morgan fingerprint density at radius 1 is 0.972 bits per heavy atom. The number of ether oxygens (including phenoxy) is 2. The highest BCUT2D eigenvalue weighted by atomic mass is 32.2. The largest absolute Gasteiger partial charge is 0.497 e. The van der Waals surface area contributed by atoms with E-state index in [9.17, 15) is 13.2 Å². The van der Waals surface area contributed by atoms with Crippen molar-refractivity contribution < 1.29 is 22.7 Å². The van der Waals surface area contributed by atoms with Gasteiger partial charge in [-0.2, -0.15) is 0 Å². The molecule has 0 bridgehead atoms. The van der Waals surface area contributed by atoms with Crippen molar-refractivity contribution in [3.63, 3.8) is 0 Å². The Labute approximate surface area is 214 Å². The fourth-order valence-electron chi connectivity index (χ4n) is 3.49. The quantitative estimate of drug-likeness (QED) is 0.297. The second-order valence-corrected chi connectivity index (χ2v) is 10.5. The summed E-state index contributed by atoms with van der Waals surface area (Å²) in [6.07, 6.45) is 0. The van der Waals surface area contributed by atoms with E-state index in [1.807, 2.05) is 38.1 Å². The predicted molar refractivity (Wildman–Crippen MR) is 142 cm³/mol. The Morgan fingerprint density at radius 2 is 1.64 bits per heavy atom. The molecule has 1 amide bonds. The average molecular weight is 524 g/mol. The molecule has 8 nitrogen and oxygen atoms in total. The van der Waals surface area contributed by atoms with Gasteiger partial charge in [-0.15, -0.1) is 11.3 Å². The number of aromatic nitrogens is 1. The summed E-state index contributed by atoms with van der Waals surface area (Å²) < 4.78 is 38.9. The van der Waals surface area contributed by atoms with Crippen LogP contribution in [0.3, 0.4) is 0 Å². The minimum absolute atomic E-state index is 0.0501. The lowest BCUT2D eigenvalue weighted by Gasteiger charge is -2.12. The van der Waals surface area contributed by atoms with Gasteiger partial charge in [0.2, 0.25) is 0 Å². The molecule has 0 aliphatic rings. The van der Waals surface area contributed by atoms with Gasteiger partial charge in [0, 0.05) is 10.4 Å². The lowest BCUT2D eigenvalue weighted by atomic mass is 10.1. The number of anilines is 2. The second kappa shape index (κ2) is 10.8. The number of hydrogen-bond acceptors (Lipinski definition) is 7. The Bertz CT molecular complexity index is 1460. The maximum absolute atomic E-state index is 13.1. The lowest BCUT2D eigenvalue weighted by Crippen LogP contribution is -2.18. The maximum Gasteiger partial charge on any atom is 0.261 e. The van der Waals surface area contributed by atoms with E-state index >= 15 is 0 Å². The Morgan fingerprint density at radius 3 is 2.31 bits per heavy atom. The zero-order valence-corrected chi connectivity index (χ0v) is 21.6. The van der Waals surface area contributed by atoms with E-state index < -0.39 is 15.9 Å². The van der Waals surface area contributed by atoms with Gasteiger partial charge >= 0.3 is 0 Å². The SMILES string of the molecule is CCOc1ccc(-c2nc(NC(=O)c3ccccc3NS(=O)(=O)c3ccc(OC)cc3)sc2C)cc1. The highest BCUT2D eigenvalue weighted by Gasteiger charge is 2.20. The van der Waals surface area contributed by atoms with Gasteiger partial charge in [-0.05, 0) is 74.5 Å². The summed E-state index contributed by atoms with van der Waals surface area (Å²) in [7, 11) is -2.42. The molecule has 0 saturated heterocycles. The van der Waals surface area contributed by atoms with E-state index in [1.54, 1.807) is 30.3 Å². The second-order valence-electron chi connectivity index (χ2n) is 7.66. The van der Waals surface area contributed by atoms with Crippen molar-refractivity contribution in [1.29, 1.82) is 0 Å². The van der Waals surface area contributed by atoms with Gasteiger partial charge < -0.3 is 9.47 Å². The van der Waals surface area contributed by atoms with E-state index in [0.717, 1.165) is 21.9 Å². The van der Waals surface area contributed by atoms with Gasteiger partial charge in [-0.25, -0.2) is 13.4 Å². The standard InChI is InChI=1S/C26H25N3O5S2/c1-4-34-20-11-9-18(10-12-20)24-17(2)35-26(27-24)28-25(30)22-7-5-6-8-23(22)29-36(31,32)21-15-13-19(33-3)14-16-21/h5-16,29H,4H2,1-3H3,(H,27,28,30). The number of para-hydroxylation sites is 1. The minimum atomic E-state index is -3.92. The fourth-order valence-corrected chi connectivity index (χ4v) is 5.40. The number of carbonyl (C=O) groups excluding carboxylic acids is 1. The third-order valence-electron chi connectivity index (χ3n) is 5.24. The van der Waals surface area contributed by atoms with Crippen molar-refractivity contribution in [3.05, 3.63) is 83.2 Å². The number of methoxy groups -OCH3 is 1. The highest BCUT2D eigenvalue weighted by Crippen LogP contribution is 2.32. The summed E-state index contributed by atoms with van der Waals surface area (Å²) in [6.45, 7) is 4.44. The van der Waals surface area contributed by atoms with Gasteiger partial charge in [0.15, 0.2) is 5.13 Å². The number of amides is 1. The van der Waals surface area contributed by atoms with Crippen LogP contribution in [-0.2, 0) is 10.0 Å². The summed E-state index contributed by atoms with van der Waals surface area (Å²) in [5.74, 6) is 0.837. The molecule has 0 atom stereocenters. The van der Waals surface area contributed by atoms with Crippen LogP contribution in [0.1, 0.15) is 22.2 Å². The smallest absolute Gasteiger partial charge is 0.261 e. The number of benzene rings is 3. The van der Waals surface area contributed by atoms with Crippen LogP contribution in [-0.4, -0.2) is 33.0 Å². The molecule has 0 spiro atoms. The van der Waals surface area contributed by atoms with Gasteiger partial charge in [-0.1, -0.05) is 12.1 Å². The molecular formula is C26H25N3O5S2. The Kier molecular flexibility index (Phi) is 7.56. The molecular weight excluding hydrogens is 498 g/mol. The first-order chi connectivity index (χ1) is 17.3. The fraction of sp³-hybridized carbons (Fsp3) is 0.154. The number of carbonyl (C=O) groups is 1. The van der Waals surface area contributed by atoms with Crippen molar-refractivity contribution in [2.75, 3.05) is 23.8 Å². The molecule has 2 N–H and O–H groups in total. The molecule has 0 unspecified atom stereocenters. The zero-order chi connectivity index (χ0) is 25.7. The van der Waals surface area contributed by atoms with Crippen molar-refractivity contribution in [2.24, 2.45) is 0 Å². The molecule has 4 rings (SSSR count). The van der Waals surface area contributed by atoms with E-state index in [1.165, 1.54) is 36.6 Å². The van der Waals surface area contributed by atoms with Crippen LogP contribution in [0.5, 0.6) is 11.5 Å². The van der Waals surface area contributed by atoms with Gasteiger partial charge in [0.05, 0.1) is 35.6 Å². The van der Waals surface area contributed by atoms with Gasteiger partial charge in [0.1, 0.15) is 11.5 Å². The van der Waals surface area contributed by atoms with Crippen LogP contribution < -0.4 is 19.5 Å². The zero-order valence-electron chi connectivity index (χ0n) is 19.9. The number of sulfonamides is 1. The van der Waals surface area contributed by atoms with Crippen molar-refractivity contribution >= 4 is 38.1 Å². The molecule has 3 aromatic carbocycles. The first-order valence-corrected chi connectivity index (χ1v) is 13.4. The molecule has 186 valence electrons. The number of rotatable bonds is 9. The third kappa shape index (κ3) is 5.67. The Balaban J connectivity index is 1.53. The van der Waals surface area contributed by atoms with E-state index in [0.29, 0.717) is 17.5 Å². The van der Waals surface area contributed by atoms with Crippen LogP contribution in [0.2, 0.25) is 0 Å². The number of thiazole rings is 1. The molecule has 0 aliphatic carbocycles. The summed E-state index contributed by atoms with van der Waals surface area (Å²) >= 11 is 1.34. The molecule has 1 heterocycles. The predicted octanol–water partition coefficient (Wildman–Crippen LogP) is 5.58. The summed E-state index contributed by atoms with van der Waals surface area (Å²) in [4.78, 5) is 18.7. The molecule has 4 aromatic rings. The van der Waals surface area contributed by atoms with E-state index in [-0.39, 0.29) is 16.1 Å². The Hall–Kier alpha value is -3.89. The van der Waals surface area contributed by atoms with Crippen molar-refractivity contribution in [1.82, 2.24) is 4.98 Å². The van der Waals surface area contributed by atoms with Crippen LogP contribution in [0.25, 0.3) is 11.3 Å². The van der Waals surface area contributed by atoms with Gasteiger partial charge in [0.25, 0.3) is 15.9 Å². The van der Waals surface area contributed by atoms with Crippen LogP contribution in [0.4, 0.5) is 10.8 Å². The van der Waals surface area contributed by atoms with Gasteiger partial charge in [-0.3, -0.25) is 14.8 Å². The van der Waals surface area contributed by atoms with Crippen LogP contribution in [0, 0.1) is 6.92 Å². The summed E-state index contributed by atoms with van der Waals surface area (Å²) in [5.41, 5.74) is 1.99. The van der Waals surface area contributed by atoms with Crippen molar-refractivity contribution in [2.45, 2.75) is 18.7 Å². The van der Waals surface area contributed by atoms with Crippen LogP contribution in [0.15, 0.2) is 77.7 Å². The van der Waals surface area contributed by atoms with Crippen LogP contribution >= 0.6 is 11.3 Å². The molecule has 1 aromatic heterocycles. The number of nitrogens with zero attached hydrogens (tertiary/aromatic N) is 1. The van der Waals surface area contributed by atoms with E-state index in [4.69, 9.17) is 9.47 Å². The molecule has 10 heteroatoms. The topological polar surface area (TPSA) is 107 Å². The molecule has 0 saturated carbocycles. The number of hydrogen-bond donors (Lipinski definition) is 2. The molecule has 0 aliphatic heterocycles. The number of nitrogens with one attached hydrogen (secondary N) is 2. The first kappa shape index (κ1) is 25.2. The minimum Gasteiger partial charge on any atom is -0.497 e. The number of aryl methyl sites for hydroxylation is 1. The summed E-state index contributed by atoms with van der Waals surface area (Å²) in [5, 5.41) is 3.21. The monoisotopic (exact) mass is 523 g/mol. The third-order valence-corrected chi connectivity index (χ3v) is 7.51. The maximum atomic E-state index is 13.1. The highest BCUT2D eigenvalue weighted by molar-refractivity contribution is 7.92. The van der Waals surface area contributed by atoms with E-state index in [2.05, 4.69) is 15.0 Å². The van der Waals surface area contributed by atoms with Crippen molar-refractivity contribution in [3.8, 4) is 22.8 Å². The molecule has 36 heavy (non-hydrogen) atoms. The molecule has 0 fully saturated rings. The average Bonchev–Trinajstić information content (AvgIpc) is 3.24. The molecule has 0 radical (unpaired) electrons. The normalized spacial score (nSPS) is 11.1. The lowest BCUT2D eigenvalue weighted by molar-refractivity contribution is 0.102. The first-order valence-electron chi connectivity index (χ1n) is 11.1.